The van der Waals surface area contributed by atoms with Gasteiger partial charge in [-0.2, -0.15) is 0 Å². The maximum atomic E-state index is 13.9. The molecule has 2 fully saturated rings. The Morgan fingerprint density at radius 2 is 2.06 bits per heavy atom. The van der Waals surface area contributed by atoms with Gasteiger partial charge in [0.05, 0.1) is 25.3 Å². The molecule has 1 aromatic heterocycles. The predicted molar refractivity (Wildman–Crippen MR) is 117 cm³/mol. The third kappa shape index (κ3) is 5.31. The van der Waals surface area contributed by atoms with Gasteiger partial charge in [-0.05, 0) is 49.1 Å². The second-order valence-electron chi connectivity index (χ2n) is 8.14. The molecule has 31 heavy (non-hydrogen) atoms. The first-order chi connectivity index (χ1) is 15.0. The van der Waals surface area contributed by atoms with Crippen molar-refractivity contribution >= 4 is 23.2 Å². The summed E-state index contributed by atoms with van der Waals surface area (Å²) in [6.45, 7) is 5.71. The van der Waals surface area contributed by atoms with Gasteiger partial charge in [-0.15, -0.1) is 0 Å². The molecule has 1 amide bonds. The van der Waals surface area contributed by atoms with Crippen molar-refractivity contribution in [3.8, 4) is 0 Å². The van der Waals surface area contributed by atoms with E-state index >= 15 is 0 Å². The Labute approximate surface area is 181 Å². The van der Waals surface area contributed by atoms with Crippen LogP contribution in [-0.4, -0.2) is 56.5 Å². The number of aryl methyl sites for hydroxylation is 1. The maximum Gasteiger partial charge on any atom is 0.228 e. The lowest BCUT2D eigenvalue weighted by molar-refractivity contribution is -0.115. The molecule has 1 atom stereocenters. The number of carbonyl (C=O) groups is 1. The van der Waals surface area contributed by atoms with Crippen molar-refractivity contribution in [2.75, 3.05) is 54.5 Å². The molecule has 2 aliphatic heterocycles. The summed E-state index contributed by atoms with van der Waals surface area (Å²) in [6.07, 6.45) is 0.500. The van der Waals surface area contributed by atoms with Crippen LogP contribution in [0.25, 0.3) is 0 Å². The van der Waals surface area contributed by atoms with Gasteiger partial charge in [0.2, 0.25) is 5.91 Å². The van der Waals surface area contributed by atoms with Crippen LogP contribution in [0, 0.1) is 12.7 Å². The zero-order chi connectivity index (χ0) is 21.8. The summed E-state index contributed by atoms with van der Waals surface area (Å²) in [5, 5.41) is 2.92. The molecule has 4 rings (SSSR count). The summed E-state index contributed by atoms with van der Waals surface area (Å²) in [6, 6.07) is 7.90. The molecule has 0 aliphatic carbocycles. The van der Waals surface area contributed by atoms with E-state index in [2.05, 4.69) is 10.2 Å². The lowest BCUT2D eigenvalue weighted by atomic mass is 10.1. The highest BCUT2D eigenvalue weighted by molar-refractivity contribution is 5.95. The van der Waals surface area contributed by atoms with Crippen LogP contribution in [0.4, 0.5) is 26.1 Å². The first-order valence-electron chi connectivity index (χ1n) is 10.8. The number of pyridine rings is 1. The third-order valence-corrected chi connectivity index (χ3v) is 5.65. The Bertz CT molecular complexity index is 932. The van der Waals surface area contributed by atoms with E-state index in [1.807, 2.05) is 17.9 Å². The van der Waals surface area contributed by atoms with Gasteiger partial charge in [0.1, 0.15) is 17.8 Å². The van der Waals surface area contributed by atoms with Crippen LogP contribution in [0.5, 0.6) is 0 Å². The lowest BCUT2D eigenvalue weighted by Crippen LogP contribution is -2.30. The number of nitrogens with one attached hydrogen (secondary N) is 1. The number of hydrogen-bond acceptors (Lipinski definition) is 5. The van der Waals surface area contributed by atoms with Gasteiger partial charge in [0, 0.05) is 26.2 Å². The van der Waals surface area contributed by atoms with Crippen molar-refractivity contribution < 1.29 is 18.3 Å². The number of hydrogen-bond donors (Lipinski definition) is 1. The normalized spacial score (nSPS) is 19.4. The van der Waals surface area contributed by atoms with Crippen LogP contribution < -0.4 is 15.1 Å². The zero-order valence-corrected chi connectivity index (χ0v) is 17.7. The molecular weight excluding hydrogens is 402 g/mol. The summed E-state index contributed by atoms with van der Waals surface area (Å²) in [7, 11) is 0. The van der Waals surface area contributed by atoms with Crippen molar-refractivity contribution in [2.24, 2.45) is 0 Å². The maximum absolute atomic E-state index is 13.9. The predicted octanol–water partition coefficient (Wildman–Crippen LogP) is 3.49. The number of benzene rings is 1. The number of halogens is 2. The fourth-order valence-electron chi connectivity index (χ4n) is 4.14. The van der Waals surface area contributed by atoms with Crippen molar-refractivity contribution in [3.05, 3.63) is 47.3 Å². The topological polar surface area (TPSA) is 57.7 Å². The lowest BCUT2D eigenvalue weighted by Gasteiger charge is -2.27. The number of anilines is 3. The number of aromatic nitrogens is 1. The van der Waals surface area contributed by atoms with E-state index < -0.39 is 6.17 Å². The standard InChI is InChI=1S/C23H28F2N4O2/c1-16-12-20(26-21(30)14-17-4-2-5-18(24)13-17)23(29-8-6-19(25)15-29)27-22(16)28-7-3-10-31-11-9-28/h2,4-5,12-13,19H,3,6-11,14-15H2,1H3,(H,26,30)/t19-/m1/s1. The Hall–Kier alpha value is -2.74. The molecule has 166 valence electrons. The summed E-state index contributed by atoms with van der Waals surface area (Å²) >= 11 is 0. The van der Waals surface area contributed by atoms with E-state index in [1.54, 1.807) is 12.1 Å². The van der Waals surface area contributed by atoms with E-state index in [0.717, 1.165) is 37.5 Å². The van der Waals surface area contributed by atoms with Crippen LogP contribution in [-0.2, 0) is 16.0 Å². The van der Waals surface area contributed by atoms with Gasteiger partial charge >= 0.3 is 0 Å². The first kappa shape index (κ1) is 21.5. The minimum Gasteiger partial charge on any atom is -0.380 e. The smallest absolute Gasteiger partial charge is 0.228 e. The molecule has 0 bridgehead atoms. The van der Waals surface area contributed by atoms with Gasteiger partial charge in [0.15, 0.2) is 5.82 Å². The van der Waals surface area contributed by atoms with E-state index in [4.69, 9.17) is 9.72 Å². The van der Waals surface area contributed by atoms with Crippen molar-refractivity contribution in [3.63, 3.8) is 0 Å². The van der Waals surface area contributed by atoms with Crippen LogP contribution in [0.2, 0.25) is 0 Å². The highest BCUT2D eigenvalue weighted by atomic mass is 19.1. The van der Waals surface area contributed by atoms with Gasteiger partial charge < -0.3 is 19.9 Å². The van der Waals surface area contributed by atoms with Crippen LogP contribution in [0.3, 0.4) is 0 Å². The summed E-state index contributed by atoms with van der Waals surface area (Å²) in [5.74, 6) is 0.782. The molecule has 2 aromatic rings. The van der Waals surface area contributed by atoms with Crippen molar-refractivity contribution in [1.82, 2.24) is 4.98 Å². The minimum absolute atomic E-state index is 0.0488. The molecule has 0 radical (unpaired) electrons. The van der Waals surface area contributed by atoms with Gasteiger partial charge in [0.25, 0.3) is 0 Å². The monoisotopic (exact) mass is 430 g/mol. The van der Waals surface area contributed by atoms with Crippen LogP contribution in [0.15, 0.2) is 30.3 Å². The van der Waals surface area contributed by atoms with E-state index in [1.165, 1.54) is 12.1 Å². The number of amides is 1. The molecule has 2 saturated heterocycles. The van der Waals surface area contributed by atoms with Gasteiger partial charge in [-0.3, -0.25) is 4.79 Å². The molecule has 1 aromatic carbocycles. The zero-order valence-electron chi connectivity index (χ0n) is 17.7. The van der Waals surface area contributed by atoms with Gasteiger partial charge in [-0.1, -0.05) is 12.1 Å². The van der Waals surface area contributed by atoms with Gasteiger partial charge in [-0.25, -0.2) is 13.8 Å². The van der Waals surface area contributed by atoms with E-state index in [9.17, 15) is 13.6 Å². The molecule has 8 heteroatoms. The Morgan fingerprint density at radius 3 is 2.84 bits per heavy atom. The van der Waals surface area contributed by atoms with Crippen LogP contribution in [0.1, 0.15) is 24.0 Å². The fourth-order valence-corrected chi connectivity index (χ4v) is 4.14. The minimum atomic E-state index is -0.908. The van der Waals surface area contributed by atoms with Crippen LogP contribution >= 0.6 is 0 Å². The Balaban J connectivity index is 1.60. The quantitative estimate of drug-likeness (QED) is 0.787. The number of rotatable bonds is 5. The highest BCUT2D eigenvalue weighted by Crippen LogP contribution is 2.33. The first-order valence-corrected chi connectivity index (χ1v) is 10.8. The average Bonchev–Trinajstić information content (AvgIpc) is 2.97. The second-order valence-corrected chi connectivity index (χ2v) is 8.14. The number of ether oxygens (including phenoxy) is 1. The number of nitrogens with zero attached hydrogens (tertiary/aromatic N) is 3. The fraction of sp³-hybridized carbons (Fsp3) is 0.478. The summed E-state index contributed by atoms with van der Waals surface area (Å²) in [4.78, 5) is 21.6. The molecule has 3 heterocycles. The molecular formula is C23H28F2N4O2. The van der Waals surface area contributed by atoms with Crippen molar-refractivity contribution in [1.29, 1.82) is 0 Å². The second kappa shape index (κ2) is 9.60. The number of alkyl halides is 1. The largest absolute Gasteiger partial charge is 0.380 e. The molecule has 2 aliphatic rings. The molecule has 0 spiro atoms. The molecule has 0 unspecified atom stereocenters. The molecule has 1 N–H and O–H groups in total. The van der Waals surface area contributed by atoms with Crippen molar-refractivity contribution in [2.45, 2.75) is 32.4 Å². The highest BCUT2D eigenvalue weighted by Gasteiger charge is 2.27. The summed E-state index contributed by atoms with van der Waals surface area (Å²) in [5.41, 5.74) is 2.08. The summed E-state index contributed by atoms with van der Waals surface area (Å²) < 4.78 is 33.0. The Kier molecular flexibility index (Phi) is 6.65. The molecule has 0 saturated carbocycles. The number of carbonyl (C=O) groups excluding carboxylic acids is 1. The SMILES string of the molecule is Cc1cc(NC(=O)Cc2cccc(F)c2)c(N2CC[C@@H](F)C2)nc1N1CCCOCC1. The average molecular weight is 430 g/mol. The molecule has 6 nitrogen and oxygen atoms in total. The van der Waals surface area contributed by atoms with E-state index in [0.29, 0.717) is 36.6 Å². The van der Waals surface area contributed by atoms with E-state index in [-0.39, 0.29) is 24.7 Å². The third-order valence-electron chi connectivity index (χ3n) is 5.65. The Morgan fingerprint density at radius 1 is 1.19 bits per heavy atom.